The van der Waals surface area contributed by atoms with Crippen LogP contribution in [0.25, 0.3) is 0 Å². The Morgan fingerprint density at radius 2 is 1.95 bits per heavy atom. The van der Waals surface area contributed by atoms with Crippen LogP contribution < -0.4 is 5.32 Å². The summed E-state index contributed by atoms with van der Waals surface area (Å²) in [4.78, 5) is 0. The van der Waals surface area contributed by atoms with Gasteiger partial charge in [-0.2, -0.15) is 0 Å². The molecule has 0 saturated heterocycles. The van der Waals surface area contributed by atoms with E-state index in [4.69, 9.17) is 4.74 Å². The number of nitrogens with one attached hydrogen (secondary N) is 1. The monoisotopic (exact) mass is 289 g/mol. The summed E-state index contributed by atoms with van der Waals surface area (Å²) in [5.41, 5.74) is 1.52. The maximum atomic E-state index is 5.60. The highest BCUT2D eigenvalue weighted by molar-refractivity contribution is 5.20. The van der Waals surface area contributed by atoms with E-state index in [9.17, 15) is 0 Å². The van der Waals surface area contributed by atoms with Gasteiger partial charge in [0.2, 0.25) is 0 Å². The van der Waals surface area contributed by atoms with Crippen LogP contribution in [0.5, 0.6) is 0 Å². The Bertz CT molecular complexity index is 378. The van der Waals surface area contributed by atoms with E-state index in [1.165, 1.54) is 37.7 Å². The van der Waals surface area contributed by atoms with E-state index in [-0.39, 0.29) is 0 Å². The molecule has 0 aliphatic heterocycles. The molecular weight excluding hydrogens is 258 g/mol. The lowest BCUT2D eigenvalue weighted by atomic mass is 9.74. The summed E-state index contributed by atoms with van der Waals surface area (Å²) in [5, 5.41) is 3.76. The van der Waals surface area contributed by atoms with Crippen LogP contribution in [0.15, 0.2) is 30.3 Å². The quantitative estimate of drug-likeness (QED) is 0.718. The van der Waals surface area contributed by atoms with E-state index in [0.29, 0.717) is 6.04 Å². The fraction of sp³-hybridized carbons (Fsp3) is 0.684. The predicted molar refractivity (Wildman–Crippen MR) is 89.7 cm³/mol. The molecule has 1 aromatic rings. The molecule has 3 atom stereocenters. The second-order valence-corrected chi connectivity index (χ2v) is 6.23. The van der Waals surface area contributed by atoms with Crippen LogP contribution in [0, 0.1) is 5.92 Å². The van der Waals surface area contributed by atoms with Gasteiger partial charge >= 0.3 is 0 Å². The molecule has 1 fully saturated rings. The van der Waals surface area contributed by atoms with Gasteiger partial charge < -0.3 is 10.1 Å². The summed E-state index contributed by atoms with van der Waals surface area (Å²) in [5.74, 6) is 1.49. The van der Waals surface area contributed by atoms with Crippen molar-refractivity contribution < 1.29 is 4.74 Å². The van der Waals surface area contributed by atoms with E-state index in [1.54, 1.807) is 0 Å². The third-order valence-corrected chi connectivity index (χ3v) is 4.75. The van der Waals surface area contributed by atoms with E-state index in [0.717, 1.165) is 31.6 Å². The molecule has 1 aromatic carbocycles. The van der Waals surface area contributed by atoms with Crippen molar-refractivity contribution in [2.24, 2.45) is 5.92 Å². The first-order chi connectivity index (χ1) is 10.3. The first kappa shape index (κ1) is 16.5. The van der Waals surface area contributed by atoms with E-state index in [2.05, 4.69) is 49.5 Å². The van der Waals surface area contributed by atoms with E-state index in [1.807, 2.05) is 0 Å². The smallest absolute Gasteiger partial charge is 0.0469 e. The predicted octanol–water partition coefficient (Wildman–Crippen LogP) is 4.37. The second-order valence-electron chi connectivity index (χ2n) is 6.23. The van der Waals surface area contributed by atoms with Gasteiger partial charge in [-0.25, -0.2) is 0 Å². The lowest BCUT2D eigenvalue weighted by molar-refractivity contribution is 0.111. The van der Waals surface area contributed by atoms with Gasteiger partial charge in [0.05, 0.1) is 0 Å². The van der Waals surface area contributed by atoms with Gasteiger partial charge in [0.1, 0.15) is 0 Å². The number of ether oxygens (including phenoxy) is 1. The Kier molecular flexibility index (Phi) is 7.25. The largest absolute Gasteiger partial charge is 0.382 e. The van der Waals surface area contributed by atoms with Gasteiger partial charge in [-0.05, 0) is 63.0 Å². The SMILES string of the molecule is CCCNC1CCC(c2ccccc2)CC1CCOCC. The minimum Gasteiger partial charge on any atom is -0.382 e. The molecule has 0 bridgehead atoms. The summed E-state index contributed by atoms with van der Waals surface area (Å²) in [6.07, 6.45) is 6.33. The van der Waals surface area contributed by atoms with Crippen LogP contribution in [0.3, 0.4) is 0 Å². The molecule has 1 saturated carbocycles. The number of benzene rings is 1. The third-order valence-electron chi connectivity index (χ3n) is 4.75. The van der Waals surface area contributed by atoms with Crippen LogP contribution in [-0.2, 0) is 4.74 Å². The molecule has 0 amide bonds. The van der Waals surface area contributed by atoms with Crippen molar-refractivity contribution in [1.82, 2.24) is 5.32 Å². The zero-order chi connectivity index (χ0) is 14.9. The first-order valence-electron chi connectivity index (χ1n) is 8.71. The van der Waals surface area contributed by atoms with Crippen molar-refractivity contribution >= 4 is 0 Å². The Balaban J connectivity index is 1.94. The minimum atomic E-state index is 0.686. The normalized spacial score (nSPS) is 25.9. The molecule has 1 aliphatic rings. The Hall–Kier alpha value is -0.860. The molecule has 2 heteroatoms. The topological polar surface area (TPSA) is 21.3 Å². The van der Waals surface area contributed by atoms with Crippen molar-refractivity contribution in [2.45, 2.75) is 57.9 Å². The fourth-order valence-corrected chi connectivity index (χ4v) is 3.59. The van der Waals surface area contributed by atoms with E-state index < -0.39 is 0 Å². The van der Waals surface area contributed by atoms with Gasteiger partial charge in [-0.15, -0.1) is 0 Å². The second kappa shape index (κ2) is 9.22. The molecule has 2 nitrogen and oxygen atoms in total. The first-order valence-corrected chi connectivity index (χ1v) is 8.71. The van der Waals surface area contributed by atoms with Crippen LogP contribution in [0.4, 0.5) is 0 Å². The lowest BCUT2D eigenvalue weighted by Crippen LogP contribution is -2.41. The Morgan fingerprint density at radius 1 is 1.14 bits per heavy atom. The molecule has 1 aliphatic carbocycles. The molecule has 3 unspecified atom stereocenters. The van der Waals surface area contributed by atoms with Crippen LogP contribution >= 0.6 is 0 Å². The molecule has 0 radical (unpaired) electrons. The molecule has 118 valence electrons. The molecule has 0 heterocycles. The number of hydrogen-bond donors (Lipinski definition) is 1. The molecule has 0 spiro atoms. The maximum absolute atomic E-state index is 5.60. The van der Waals surface area contributed by atoms with Crippen molar-refractivity contribution in [3.8, 4) is 0 Å². The van der Waals surface area contributed by atoms with Crippen molar-refractivity contribution in [2.75, 3.05) is 19.8 Å². The fourth-order valence-electron chi connectivity index (χ4n) is 3.59. The van der Waals surface area contributed by atoms with Crippen molar-refractivity contribution in [3.63, 3.8) is 0 Å². The summed E-state index contributed by atoms with van der Waals surface area (Å²) >= 11 is 0. The summed E-state index contributed by atoms with van der Waals surface area (Å²) < 4.78 is 5.60. The highest BCUT2D eigenvalue weighted by Crippen LogP contribution is 2.37. The maximum Gasteiger partial charge on any atom is 0.0469 e. The van der Waals surface area contributed by atoms with Crippen LogP contribution in [0.1, 0.15) is 57.4 Å². The summed E-state index contributed by atoms with van der Waals surface area (Å²) in [6.45, 7) is 7.22. The lowest BCUT2D eigenvalue weighted by Gasteiger charge is -2.37. The van der Waals surface area contributed by atoms with Gasteiger partial charge in [0.15, 0.2) is 0 Å². The van der Waals surface area contributed by atoms with Gasteiger partial charge in [0.25, 0.3) is 0 Å². The van der Waals surface area contributed by atoms with Crippen LogP contribution in [-0.4, -0.2) is 25.8 Å². The molecule has 21 heavy (non-hydrogen) atoms. The van der Waals surface area contributed by atoms with Crippen molar-refractivity contribution in [1.29, 1.82) is 0 Å². The molecular formula is C19H31NO. The number of hydrogen-bond acceptors (Lipinski definition) is 2. The van der Waals surface area contributed by atoms with Gasteiger partial charge in [-0.1, -0.05) is 37.3 Å². The van der Waals surface area contributed by atoms with E-state index >= 15 is 0 Å². The molecule has 1 N–H and O–H groups in total. The molecule has 0 aromatic heterocycles. The highest BCUT2D eigenvalue weighted by Gasteiger charge is 2.30. The summed E-state index contributed by atoms with van der Waals surface area (Å²) in [7, 11) is 0. The molecule has 2 rings (SSSR count). The minimum absolute atomic E-state index is 0.686. The van der Waals surface area contributed by atoms with Crippen molar-refractivity contribution in [3.05, 3.63) is 35.9 Å². The van der Waals surface area contributed by atoms with Gasteiger partial charge in [0, 0.05) is 19.3 Å². The number of rotatable bonds is 8. The highest BCUT2D eigenvalue weighted by atomic mass is 16.5. The zero-order valence-electron chi connectivity index (χ0n) is 13.7. The standard InChI is InChI=1S/C19H31NO/c1-3-13-20-19-11-10-17(16-8-6-5-7-9-16)15-18(19)12-14-21-4-2/h5-9,17-20H,3-4,10-15H2,1-2H3. The zero-order valence-corrected chi connectivity index (χ0v) is 13.7. The third kappa shape index (κ3) is 5.12. The van der Waals surface area contributed by atoms with Gasteiger partial charge in [-0.3, -0.25) is 0 Å². The van der Waals surface area contributed by atoms with Crippen LogP contribution in [0.2, 0.25) is 0 Å². The Morgan fingerprint density at radius 3 is 2.67 bits per heavy atom. The average Bonchev–Trinajstić information content (AvgIpc) is 2.54. The Labute approximate surface area is 130 Å². The summed E-state index contributed by atoms with van der Waals surface area (Å²) in [6, 6.07) is 11.7. The average molecular weight is 289 g/mol.